The molecule has 4 heteroatoms. The maximum atomic E-state index is 12.0. The molecule has 0 spiro atoms. The van der Waals surface area contributed by atoms with Gasteiger partial charge in [0.25, 0.3) is 0 Å². The summed E-state index contributed by atoms with van der Waals surface area (Å²) in [5.74, 6) is 0.538. The molecule has 5 rings (SSSR count). The summed E-state index contributed by atoms with van der Waals surface area (Å²) in [4.78, 5) is 12.0. The second kappa shape index (κ2) is 5.28. The van der Waals surface area contributed by atoms with Crippen molar-refractivity contribution in [2.75, 3.05) is 0 Å². The normalized spacial score (nSPS) is 26.0. The zero-order valence-corrected chi connectivity index (χ0v) is 18.3. The number of rotatable bonds is 0. The van der Waals surface area contributed by atoms with Crippen molar-refractivity contribution >= 4 is 32.2 Å². The van der Waals surface area contributed by atoms with E-state index in [1.807, 2.05) is 12.3 Å². The van der Waals surface area contributed by atoms with Crippen LogP contribution < -0.4 is 5.43 Å². The van der Waals surface area contributed by atoms with Crippen LogP contribution in [-0.4, -0.2) is 4.40 Å². The number of pyridine rings is 2. The van der Waals surface area contributed by atoms with Crippen molar-refractivity contribution in [1.82, 2.24) is 4.40 Å². The summed E-state index contributed by atoms with van der Waals surface area (Å²) < 4.78 is 3.30. The molecule has 0 amide bonds. The molecule has 2 bridgehead atoms. The average molecular weight is 573 g/mol. The van der Waals surface area contributed by atoms with Crippen molar-refractivity contribution in [2.24, 2.45) is 5.41 Å². The van der Waals surface area contributed by atoms with E-state index in [0.29, 0.717) is 5.92 Å². The molecule has 2 heterocycles. The van der Waals surface area contributed by atoms with Crippen LogP contribution in [0, 0.1) is 17.5 Å². The minimum Gasteiger partial charge on any atom is -0.396 e. The van der Waals surface area contributed by atoms with Gasteiger partial charge in [0.05, 0.1) is 5.43 Å². The Morgan fingerprint density at radius 1 is 1.28 bits per heavy atom. The number of fused-ring (bicyclic) bond motifs is 10. The van der Waals surface area contributed by atoms with E-state index in [9.17, 15) is 4.79 Å². The second-order valence-electron chi connectivity index (χ2n) is 8.01. The molecule has 1 radical (unpaired) electrons. The van der Waals surface area contributed by atoms with Crippen molar-refractivity contribution in [3.05, 3.63) is 62.5 Å². The fraction of sp³-hybridized carbons (Fsp3) is 0.381. The van der Waals surface area contributed by atoms with Crippen LogP contribution in [0.3, 0.4) is 0 Å². The predicted octanol–water partition coefficient (Wildman–Crippen LogP) is 4.99. The zero-order chi connectivity index (χ0) is 16.9. The molecular weight excluding hydrogens is 554 g/mol. The molecule has 2 unspecified atom stereocenters. The number of halogens is 1. The maximum Gasteiger partial charge on any atom is 0.0621 e. The van der Waals surface area contributed by atoms with E-state index in [1.165, 1.54) is 29.5 Å². The van der Waals surface area contributed by atoms with Gasteiger partial charge in [0.2, 0.25) is 0 Å². The maximum absolute atomic E-state index is 12.0. The molecular formula is C21H18BrIrNO-2. The van der Waals surface area contributed by atoms with Gasteiger partial charge in [-0.25, -0.2) is 11.5 Å². The summed E-state index contributed by atoms with van der Waals surface area (Å²) in [5, 5.41) is 2.21. The van der Waals surface area contributed by atoms with Gasteiger partial charge in [0.15, 0.2) is 0 Å². The first-order chi connectivity index (χ1) is 11.4. The molecule has 2 aromatic heterocycles. The Balaban J connectivity index is 0.00000157. The third-order valence-electron chi connectivity index (χ3n) is 6.90. The summed E-state index contributed by atoms with van der Waals surface area (Å²) in [6.07, 6.45) is 4.35. The Bertz CT molecular complexity index is 1100. The molecule has 3 aromatic rings. The van der Waals surface area contributed by atoms with Crippen LogP contribution in [0.5, 0.6) is 0 Å². The van der Waals surface area contributed by atoms with Crippen LogP contribution >= 0.6 is 15.9 Å². The van der Waals surface area contributed by atoms with Gasteiger partial charge in [0, 0.05) is 31.2 Å². The molecule has 25 heavy (non-hydrogen) atoms. The van der Waals surface area contributed by atoms with Gasteiger partial charge in [-0.1, -0.05) is 59.0 Å². The number of hydrogen-bond donors (Lipinski definition) is 0. The molecule has 1 fully saturated rings. The fourth-order valence-electron chi connectivity index (χ4n) is 5.31. The van der Waals surface area contributed by atoms with E-state index in [4.69, 9.17) is 0 Å². The Morgan fingerprint density at radius 3 is 2.80 bits per heavy atom. The van der Waals surface area contributed by atoms with Gasteiger partial charge in [-0.15, -0.1) is 17.0 Å². The number of nitrogens with zero attached hydrogens (tertiary/aromatic N) is 1. The Kier molecular flexibility index (Phi) is 3.69. The topological polar surface area (TPSA) is 21.5 Å². The quantitative estimate of drug-likeness (QED) is 0.275. The van der Waals surface area contributed by atoms with E-state index >= 15 is 0 Å². The molecule has 2 atom stereocenters. The van der Waals surface area contributed by atoms with Crippen molar-refractivity contribution in [3.8, 4) is 0 Å². The van der Waals surface area contributed by atoms with Crippen LogP contribution in [0.1, 0.15) is 50.8 Å². The molecule has 2 aliphatic carbocycles. The molecule has 0 aliphatic heterocycles. The van der Waals surface area contributed by atoms with Crippen LogP contribution in [0.4, 0.5) is 0 Å². The van der Waals surface area contributed by atoms with E-state index in [-0.39, 0.29) is 36.4 Å². The summed E-state index contributed by atoms with van der Waals surface area (Å²) in [7, 11) is 0. The summed E-state index contributed by atoms with van der Waals surface area (Å²) >= 11 is 3.76. The standard InChI is InChI=1S/C21H18BrNO.Ir/c1-20(2)14-7-9-21(20,3)19-18(14)17-13(5-4-6-15(17)22)16-11-12(24)8-10-23(16)19;/h4,6,8,10,14H,7,9H2,1-3H3;/q-2;. The minimum atomic E-state index is -0.0720. The van der Waals surface area contributed by atoms with Crippen LogP contribution in [-0.2, 0) is 25.5 Å². The molecule has 131 valence electrons. The van der Waals surface area contributed by atoms with Crippen molar-refractivity contribution < 1.29 is 20.1 Å². The predicted molar refractivity (Wildman–Crippen MR) is 99.7 cm³/mol. The first kappa shape index (κ1) is 17.5. The first-order valence-electron chi connectivity index (χ1n) is 8.47. The molecule has 2 aliphatic rings. The average Bonchev–Trinajstić information content (AvgIpc) is 2.86. The largest absolute Gasteiger partial charge is 0.396 e. The Labute approximate surface area is 169 Å². The molecule has 2 nitrogen and oxygen atoms in total. The first-order valence-corrected chi connectivity index (χ1v) is 9.26. The van der Waals surface area contributed by atoms with E-state index in [0.717, 1.165) is 15.4 Å². The zero-order valence-electron chi connectivity index (χ0n) is 14.4. The van der Waals surface area contributed by atoms with Crippen molar-refractivity contribution in [2.45, 2.75) is 44.9 Å². The Morgan fingerprint density at radius 2 is 2.04 bits per heavy atom. The molecule has 1 saturated carbocycles. The molecule has 1 aromatic carbocycles. The van der Waals surface area contributed by atoms with Gasteiger partial charge < -0.3 is 9.20 Å². The van der Waals surface area contributed by atoms with Crippen molar-refractivity contribution in [3.63, 3.8) is 0 Å². The third-order valence-corrected chi connectivity index (χ3v) is 7.56. The van der Waals surface area contributed by atoms with E-state index in [1.54, 1.807) is 6.07 Å². The van der Waals surface area contributed by atoms with Crippen LogP contribution in [0.2, 0.25) is 0 Å². The summed E-state index contributed by atoms with van der Waals surface area (Å²) in [5.41, 5.74) is 3.89. The third kappa shape index (κ3) is 1.91. The molecule has 0 N–H and O–H groups in total. The molecule has 0 saturated heterocycles. The minimum absolute atomic E-state index is 0. The van der Waals surface area contributed by atoms with Gasteiger partial charge in [-0.2, -0.15) is 12.1 Å². The number of benzene rings is 1. The second-order valence-corrected chi connectivity index (χ2v) is 8.86. The SMILES string of the molecule is CC12CCC(c3c1n1ccc(=O)[c-]c1c1[c-]ccc(Br)c31)C2(C)C.[Ir]. The van der Waals surface area contributed by atoms with Gasteiger partial charge in [-0.05, 0) is 24.2 Å². The summed E-state index contributed by atoms with van der Waals surface area (Å²) in [6, 6.07) is 12.0. The smallest absolute Gasteiger partial charge is 0.0621 e. The fourth-order valence-corrected chi connectivity index (χ4v) is 5.85. The van der Waals surface area contributed by atoms with Gasteiger partial charge in [-0.3, -0.25) is 0 Å². The van der Waals surface area contributed by atoms with Crippen LogP contribution in [0.15, 0.2) is 33.7 Å². The number of aromatic nitrogens is 1. The van der Waals surface area contributed by atoms with Crippen molar-refractivity contribution in [1.29, 1.82) is 0 Å². The summed E-state index contributed by atoms with van der Waals surface area (Å²) in [6.45, 7) is 7.19. The van der Waals surface area contributed by atoms with Crippen LogP contribution in [0.25, 0.3) is 16.3 Å². The van der Waals surface area contributed by atoms with Gasteiger partial charge >= 0.3 is 0 Å². The van der Waals surface area contributed by atoms with E-state index in [2.05, 4.69) is 59.3 Å². The Hall–Kier alpha value is -0.961. The number of hydrogen-bond acceptors (Lipinski definition) is 1. The van der Waals surface area contributed by atoms with E-state index < -0.39 is 0 Å². The van der Waals surface area contributed by atoms with Gasteiger partial charge in [0.1, 0.15) is 0 Å². The monoisotopic (exact) mass is 572 g/mol.